The average Bonchev–Trinajstić information content (AvgIpc) is 2.76. The van der Waals surface area contributed by atoms with E-state index in [1.807, 2.05) is 44.2 Å². The predicted octanol–water partition coefficient (Wildman–Crippen LogP) is 1.44. The Morgan fingerprint density at radius 2 is 1.74 bits per heavy atom. The SMILES string of the molecule is CC1CN(C(=O)Cn2c(=O)n(CCc3ccccc3)c(=O)c3ncccc32)CC(C)O1. The maximum Gasteiger partial charge on any atom is 0.332 e. The number of pyridine rings is 1. The van der Waals surface area contributed by atoms with Crippen molar-refractivity contribution in [2.24, 2.45) is 0 Å². The highest BCUT2D eigenvalue weighted by atomic mass is 16.5. The minimum absolute atomic E-state index is 0.0670. The normalized spacial score (nSPS) is 19.0. The lowest BCUT2D eigenvalue weighted by Gasteiger charge is -2.35. The Morgan fingerprint density at radius 3 is 2.45 bits per heavy atom. The van der Waals surface area contributed by atoms with Crippen LogP contribution in [-0.2, 0) is 29.0 Å². The highest BCUT2D eigenvalue weighted by Crippen LogP contribution is 2.12. The van der Waals surface area contributed by atoms with Crippen molar-refractivity contribution in [2.45, 2.75) is 45.6 Å². The summed E-state index contributed by atoms with van der Waals surface area (Å²) in [5.41, 5.74) is 0.648. The zero-order valence-corrected chi connectivity index (χ0v) is 17.7. The first-order valence-electron chi connectivity index (χ1n) is 10.5. The highest BCUT2D eigenvalue weighted by molar-refractivity contribution is 5.79. The first-order chi connectivity index (χ1) is 14.9. The molecule has 0 spiro atoms. The molecule has 1 saturated heterocycles. The number of aromatic nitrogens is 3. The summed E-state index contributed by atoms with van der Waals surface area (Å²) in [6.07, 6.45) is 1.92. The summed E-state index contributed by atoms with van der Waals surface area (Å²) < 4.78 is 8.25. The number of aryl methyl sites for hydroxylation is 1. The first-order valence-corrected chi connectivity index (χ1v) is 10.5. The summed E-state index contributed by atoms with van der Waals surface area (Å²) in [6.45, 7) is 4.86. The third kappa shape index (κ3) is 4.44. The fourth-order valence-electron chi connectivity index (χ4n) is 4.10. The van der Waals surface area contributed by atoms with Crippen LogP contribution in [0.15, 0.2) is 58.3 Å². The van der Waals surface area contributed by atoms with Gasteiger partial charge in [0.25, 0.3) is 5.56 Å². The van der Waals surface area contributed by atoms with Crippen molar-refractivity contribution in [3.63, 3.8) is 0 Å². The van der Waals surface area contributed by atoms with E-state index in [4.69, 9.17) is 4.74 Å². The summed E-state index contributed by atoms with van der Waals surface area (Å²) in [4.78, 5) is 45.2. The van der Waals surface area contributed by atoms with Crippen LogP contribution in [0.5, 0.6) is 0 Å². The molecule has 3 aromatic rings. The van der Waals surface area contributed by atoms with E-state index in [-0.39, 0.29) is 36.7 Å². The minimum atomic E-state index is -0.496. The van der Waals surface area contributed by atoms with Gasteiger partial charge in [-0.3, -0.25) is 18.7 Å². The number of carbonyl (C=O) groups is 1. The molecule has 2 atom stereocenters. The molecule has 0 bridgehead atoms. The molecule has 0 saturated carbocycles. The van der Waals surface area contributed by atoms with Gasteiger partial charge in [0.2, 0.25) is 5.91 Å². The van der Waals surface area contributed by atoms with Gasteiger partial charge < -0.3 is 9.64 Å². The maximum atomic E-state index is 13.3. The second kappa shape index (κ2) is 8.85. The molecular weight excluding hydrogens is 396 g/mol. The Labute approximate surface area is 179 Å². The van der Waals surface area contributed by atoms with Gasteiger partial charge in [-0.25, -0.2) is 9.78 Å². The van der Waals surface area contributed by atoms with E-state index in [0.29, 0.717) is 25.0 Å². The van der Waals surface area contributed by atoms with E-state index in [1.165, 1.54) is 15.3 Å². The lowest BCUT2D eigenvalue weighted by molar-refractivity contribution is -0.143. The predicted molar refractivity (Wildman–Crippen MR) is 117 cm³/mol. The van der Waals surface area contributed by atoms with Gasteiger partial charge in [-0.05, 0) is 38.0 Å². The molecule has 0 aliphatic carbocycles. The Kier molecular flexibility index (Phi) is 5.99. The number of nitrogens with zero attached hydrogens (tertiary/aromatic N) is 4. The van der Waals surface area contributed by atoms with Gasteiger partial charge in [0.05, 0.1) is 17.7 Å². The van der Waals surface area contributed by atoms with Crippen LogP contribution in [0.3, 0.4) is 0 Å². The summed E-state index contributed by atoms with van der Waals surface area (Å²) in [5, 5.41) is 0. The maximum absolute atomic E-state index is 13.3. The fourth-order valence-corrected chi connectivity index (χ4v) is 4.10. The zero-order valence-electron chi connectivity index (χ0n) is 17.7. The summed E-state index contributed by atoms with van der Waals surface area (Å²) in [7, 11) is 0. The molecule has 8 heteroatoms. The van der Waals surface area contributed by atoms with Crippen LogP contribution in [0.2, 0.25) is 0 Å². The van der Waals surface area contributed by atoms with Gasteiger partial charge in [-0.15, -0.1) is 0 Å². The van der Waals surface area contributed by atoms with Crippen molar-refractivity contribution >= 4 is 16.9 Å². The van der Waals surface area contributed by atoms with E-state index < -0.39 is 11.2 Å². The average molecular weight is 422 g/mol. The molecule has 1 fully saturated rings. The van der Waals surface area contributed by atoms with Crippen molar-refractivity contribution in [3.05, 3.63) is 75.1 Å². The second-order valence-electron chi connectivity index (χ2n) is 7.99. The molecule has 31 heavy (non-hydrogen) atoms. The molecule has 3 heterocycles. The molecule has 0 N–H and O–H groups in total. The molecule has 1 aliphatic heterocycles. The van der Waals surface area contributed by atoms with Crippen LogP contribution in [0, 0.1) is 0 Å². The largest absolute Gasteiger partial charge is 0.372 e. The van der Waals surface area contributed by atoms with Crippen molar-refractivity contribution in [2.75, 3.05) is 13.1 Å². The minimum Gasteiger partial charge on any atom is -0.372 e. The number of hydrogen-bond acceptors (Lipinski definition) is 5. The van der Waals surface area contributed by atoms with Crippen molar-refractivity contribution in [3.8, 4) is 0 Å². The van der Waals surface area contributed by atoms with E-state index in [2.05, 4.69) is 4.98 Å². The molecule has 4 rings (SSSR count). The third-order valence-electron chi connectivity index (χ3n) is 5.52. The van der Waals surface area contributed by atoms with Crippen LogP contribution >= 0.6 is 0 Å². The number of benzene rings is 1. The fraction of sp³-hybridized carbons (Fsp3) is 0.391. The van der Waals surface area contributed by atoms with Crippen LogP contribution in [0.4, 0.5) is 0 Å². The Hall–Kier alpha value is -3.26. The number of carbonyl (C=O) groups excluding carboxylic acids is 1. The number of morpholine rings is 1. The smallest absolute Gasteiger partial charge is 0.332 e. The van der Waals surface area contributed by atoms with Crippen molar-refractivity contribution in [1.82, 2.24) is 19.0 Å². The Bertz CT molecular complexity index is 1190. The quantitative estimate of drug-likeness (QED) is 0.621. The number of ether oxygens (including phenoxy) is 1. The summed E-state index contributed by atoms with van der Waals surface area (Å²) in [6, 6.07) is 13.0. The van der Waals surface area contributed by atoms with Crippen LogP contribution in [0.25, 0.3) is 11.0 Å². The van der Waals surface area contributed by atoms with Crippen LogP contribution < -0.4 is 11.2 Å². The third-order valence-corrected chi connectivity index (χ3v) is 5.52. The molecule has 2 unspecified atom stereocenters. The Morgan fingerprint density at radius 1 is 1.03 bits per heavy atom. The first kappa shape index (κ1) is 21.0. The molecule has 162 valence electrons. The number of amides is 1. The van der Waals surface area contributed by atoms with E-state index in [1.54, 1.807) is 17.0 Å². The van der Waals surface area contributed by atoms with Gasteiger partial charge in [0.15, 0.2) is 5.52 Å². The molecule has 1 amide bonds. The molecule has 0 radical (unpaired) electrons. The van der Waals surface area contributed by atoms with E-state index in [0.717, 1.165) is 5.56 Å². The number of hydrogen-bond donors (Lipinski definition) is 0. The summed E-state index contributed by atoms with van der Waals surface area (Å²) >= 11 is 0. The molecule has 1 aromatic carbocycles. The zero-order chi connectivity index (χ0) is 22.0. The van der Waals surface area contributed by atoms with E-state index in [9.17, 15) is 14.4 Å². The van der Waals surface area contributed by atoms with Gasteiger partial charge in [-0.2, -0.15) is 0 Å². The number of fused-ring (bicyclic) bond motifs is 1. The molecular formula is C23H26N4O4. The van der Waals surface area contributed by atoms with Crippen molar-refractivity contribution in [1.29, 1.82) is 0 Å². The van der Waals surface area contributed by atoms with Gasteiger partial charge >= 0.3 is 5.69 Å². The van der Waals surface area contributed by atoms with Gasteiger partial charge in [-0.1, -0.05) is 30.3 Å². The van der Waals surface area contributed by atoms with E-state index >= 15 is 0 Å². The monoisotopic (exact) mass is 422 g/mol. The van der Waals surface area contributed by atoms with Crippen molar-refractivity contribution < 1.29 is 9.53 Å². The molecule has 2 aromatic heterocycles. The topological polar surface area (TPSA) is 86.4 Å². The highest BCUT2D eigenvalue weighted by Gasteiger charge is 2.27. The molecule has 8 nitrogen and oxygen atoms in total. The van der Waals surface area contributed by atoms with Gasteiger partial charge in [0.1, 0.15) is 6.54 Å². The molecule has 1 aliphatic rings. The lowest BCUT2D eigenvalue weighted by atomic mass is 10.1. The standard InChI is InChI=1S/C23H26N4O4/c1-16-13-25(14-17(2)31-16)20(28)15-27-19-9-6-11-24-21(19)22(29)26(23(27)30)12-10-18-7-4-3-5-8-18/h3-9,11,16-17H,10,12-15H2,1-2H3. The second-order valence-corrected chi connectivity index (χ2v) is 7.99. The Balaban J connectivity index is 1.69. The van der Waals surface area contributed by atoms with Crippen LogP contribution in [0.1, 0.15) is 19.4 Å². The number of rotatable bonds is 5. The lowest BCUT2D eigenvalue weighted by Crippen LogP contribution is -2.50. The summed E-state index contributed by atoms with van der Waals surface area (Å²) in [5.74, 6) is -0.178. The van der Waals surface area contributed by atoms with Crippen LogP contribution in [-0.4, -0.2) is 50.2 Å². The van der Waals surface area contributed by atoms with Gasteiger partial charge in [0, 0.05) is 25.8 Å².